The molecule has 1 aromatic heterocycles. The second-order valence-corrected chi connectivity index (χ2v) is 7.03. The van der Waals surface area contributed by atoms with E-state index in [1.807, 2.05) is 0 Å². The first-order valence-electron chi connectivity index (χ1n) is 6.65. The number of hydrogen-bond acceptors (Lipinski definition) is 4. The SMILES string of the molecule is Cn1nc2ccccc2c1S(=O)(=O)N1CCC(O)C(F)C1. The first-order chi connectivity index (χ1) is 9.91. The fraction of sp³-hybridized carbons (Fsp3) is 0.462. The highest BCUT2D eigenvalue weighted by Crippen LogP contribution is 2.27. The molecule has 6 nitrogen and oxygen atoms in total. The van der Waals surface area contributed by atoms with Crippen molar-refractivity contribution < 1.29 is 17.9 Å². The predicted molar refractivity (Wildman–Crippen MR) is 75.0 cm³/mol. The number of hydrogen-bond donors (Lipinski definition) is 1. The molecule has 0 radical (unpaired) electrons. The fourth-order valence-corrected chi connectivity index (χ4v) is 4.39. The highest BCUT2D eigenvalue weighted by molar-refractivity contribution is 7.89. The van der Waals surface area contributed by atoms with E-state index in [9.17, 15) is 17.9 Å². The molecule has 0 bridgehead atoms. The summed E-state index contributed by atoms with van der Waals surface area (Å²) in [5.74, 6) is 0. The maximum absolute atomic E-state index is 13.6. The lowest BCUT2D eigenvalue weighted by Gasteiger charge is -2.31. The van der Waals surface area contributed by atoms with E-state index in [0.717, 1.165) is 4.31 Å². The van der Waals surface area contributed by atoms with Gasteiger partial charge < -0.3 is 5.11 Å². The first-order valence-corrected chi connectivity index (χ1v) is 8.09. The second kappa shape index (κ2) is 5.04. The molecule has 21 heavy (non-hydrogen) atoms. The highest BCUT2D eigenvalue weighted by atomic mass is 32.2. The molecule has 0 spiro atoms. The Balaban J connectivity index is 2.07. The molecule has 0 amide bonds. The van der Waals surface area contributed by atoms with Gasteiger partial charge in [0.25, 0.3) is 10.0 Å². The molecule has 2 atom stereocenters. The van der Waals surface area contributed by atoms with Crippen LogP contribution < -0.4 is 0 Å². The molecule has 0 saturated carbocycles. The van der Waals surface area contributed by atoms with Crippen molar-refractivity contribution >= 4 is 20.9 Å². The number of alkyl halides is 1. The van der Waals surface area contributed by atoms with E-state index in [4.69, 9.17) is 0 Å². The van der Waals surface area contributed by atoms with Crippen LogP contribution in [0.15, 0.2) is 29.3 Å². The highest BCUT2D eigenvalue weighted by Gasteiger charge is 2.37. The zero-order valence-corrected chi connectivity index (χ0v) is 12.3. The third-order valence-corrected chi connectivity index (χ3v) is 5.72. The molecule has 1 saturated heterocycles. The normalized spacial score (nSPS) is 24.5. The third-order valence-electron chi connectivity index (χ3n) is 3.74. The van der Waals surface area contributed by atoms with Crippen LogP contribution in [-0.4, -0.2) is 53.0 Å². The number of aliphatic hydroxyl groups excluding tert-OH is 1. The van der Waals surface area contributed by atoms with E-state index >= 15 is 0 Å². The second-order valence-electron chi connectivity index (χ2n) is 5.18. The average Bonchev–Trinajstić information content (AvgIpc) is 2.78. The van der Waals surface area contributed by atoms with Crippen LogP contribution in [0, 0.1) is 0 Å². The van der Waals surface area contributed by atoms with Gasteiger partial charge >= 0.3 is 0 Å². The minimum Gasteiger partial charge on any atom is -0.390 e. The number of aliphatic hydroxyl groups is 1. The Kier molecular flexibility index (Phi) is 3.46. The van der Waals surface area contributed by atoms with Crippen LogP contribution in [0.3, 0.4) is 0 Å². The van der Waals surface area contributed by atoms with Gasteiger partial charge in [-0.15, -0.1) is 0 Å². The molecular weight excluding hydrogens is 297 g/mol. The number of benzene rings is 1. The predicted octanol–water partition coefficient (Wildman–Crippen LogP) is 0.667. The molecule has 0 aliphatic carbocycles. The van der Waals surface area contributed by atoms with Gasteiger partial charge in [0.2, 0.25) is 0 Å². The molecule has 2 aromatic rings. The van der Waals surface area contributed by atoms with Crippen LogP contribution in [-0.2, 0) is 17.1 Å². The number of piperidine rings is 1. The van der Waals surface area contributed by atoms with Crippen LogP contribution >= 0.6 is 0 Å². The Morgan fingerprint density at radius 3 is 2.81 bits per heavy atom. The Labute approximate surface area is 121 Å². The lowest BCUT2D eigenvalue weighted by atomic mass is 10.1. The van der Waals surface area contributed by atoms with Crippen LogP contribution in [0.4, 0.5) is 4.39 Å². The maximum atomic E-state index is 13.6. The van der Waals surface area contributed by atoms with Gasteiger partial charge in [0, 0.05) is 25.5 Å². The van der Waals surface area contributed by atoms with Gasteiger partial charge in [-0.05, 0) is 18.6 Å². The van der Waals surface area contributed by atoms with E-state index in [0.29, 0.717) is 10.9 Å². The molecule has 2 unspecified atom stereocenters. The summed E-state index contributed by atoms with van der Waals surface area (Å²) < 4.78 is 41.5. The van der Waals surface area contributed by atoms with Crippen molar-refractivity contribution in [3.8, 4) is 0 Å². The van der Waals surface area contributed by atoms with Crippen molar-refractivity contribution in [1.82, 2.24) is 14.1 Å². The number of rotatable bonds is 2. The number of halogens is 1. The lowest BCUT2D eigenvalue weighted by molar-refractivity contribution is 0.0302. The number of aryl methyl sites for hydroxylation is 1. The minimum absolute atomic E-state index is 0.0571. The zero-order chi connectivity index (χ0) is 15.2. The van der Waals surface area contributed by atoms with Crippen LogP contribution in [0.2, 0.25) is 0 Å². The molecule has 1 aromatic carbocycles. The fourth-order valence-electron chi connectivity index (χ4n) is 2.63. The third kappa shape index (κ3) is 2.33. The van der Waals surface area contributed by atoms with Crippen molar-refractivity contribution in [3.05, 3.63) is 24.3 Å². The van der Waals surface area contributed by atoms with Gasteiger partial charge in [0.1, 0.15) is 6.17 Å². The van der Waals surface area contributed by atoms with Gasteiger partial charge in [0.05, 0.1) is 11.6 Å². The standard InChI is InChI=1S/C13H16FN3O3S/c1-16-13(9-4-2-3-5-11(9)15-16)21(19,20)17-7-6-12(18)10(14)8-17/h2-5,10,12,18H,6-8H2,1H3. The maximum Gasteiger partial charge on any atom is 0.260 e. The molecule has 114 valence electrons. The van der Waals surface area contributed by atoms with Gasteiger partial charge in [0.15, 0.2) is 5.03 Å². The summed E-state index contributed by atoms with van der Waals surface area (Å²) in [5, 5.41) is 14.2. The van der Waals surface area contributed by atoms with Crippen molar-refractivity contribution in [2.24, 2.45) is 7.05 Å². The summed E-state index contributed by atoms with van der Waals surface area (Å²) in [6.07, 6.45) is -2.57. The molecule has 1 aliphatic heterocycles. The van der Waals surface area contributed by atoms with Crippen LogP contribution in [0.5, 0.6) is 0 Å². The lowest BCUT2D eigenvalue weighted by Crippen LogP contribution is -2.47. The average molecular weight is 313 g/mol. The summed E-state index contributed by atoms with van der Waals surface area (Å²) in [6, 6.07) is 6.93. The number of sulfonamides is 1. The molecular formula is C13H16FN3O3S. The van der Waals surface area contributed by atoms with E-state index in [2.05, 4.69) is 5.10 Å². The van der Waals surface area contributed by atoms with Crippen molar-refractivity contribution in [2.75, 3.05) is 13.1 Å². The number of aromatic nitrogens is 2. The molecule has 3 rings (SSSR count). The summed E-state index contributed by atoms with van der Waals surface area (Å²) >= 11 is 0. The van der Waals surface area contributed by atoms with Gasteiger partial charge in [-0.25, -0.2) is 12.8 Å². The number of fused-ring (bicyclic) bond motifs is 1. The minimum atomic E-state index is -3.85. The van der Waals surface area contributed by atoms with Crippen LogP contribution in [0.25, 0.3) is 10.9 Å². The summed E-state index contributed by atoms with van der Waals surface area (Å²) in [7, 11) is -2.30. The van der Waals surface area contributed by atoms with E-state index in [1.54, 1.807) is 31.3 Å². The van der Waals surface area contributed by atoms with Gasteiger partial charge in [-0.2, -0.15) is 9.40 Å². The Hall–Kier alpha value is -1.51. The smallest absolute Gasteiger partial charge is 0.260 e. The summed E-state index contributed by atoms with van der Waals surface area (Å²) in [4.78, 5) is 0. The van der Waals surface area contributed by atoms with Crippen molar-refractivity contribution in [3.63, 3.8) is 0 Å². The van der Waals surface area contributed by atoms with Crippen molar-refractivity contribution in [2.45, 2.75) is 23.7 Å². The summed E-state index contributed by atoms with van der Waals surface area (Å²) in [6.45, 7) is -0.230. The van der Waals surface area contributed by atoms with Crippen LogP contribution in [0.1, 0.15) is 6.42 Å². The monoisotopic (exact) mass is 313 g/mol. The van der Waals surface area contributed by atoms with Gasteiger partial charge in [-0.1, -0.05) is 12.1 Å². The molecule has 1 fully saturated rings. The van der Waals surface area contributed by atoms with E-state index < -0.39 is 22.3 Å². The quantitative estimate of drug-likeness (QED) is 0.884. The Bertz CT molecular complexity index is 774. The zero-order valence-electron chi connectivity index (χ0n) is 11.5. The first kappa shape index (κ1) is 14.4. The van der Waals surface area contributed by atoms with Gasteiger partial charge in [-0.3, -0.25) is 4.68 Å². The Morgan fingerprint density at radius 2 is 2.10 bits per heavy atom. The Morgan fingerprint density at radius 1 is 1.38 bits per heavy atom. The van der Waals surface area contributed by atoms with E-state index in [-0.39, 0.29) is 24.5 Å². The molecule has 1 N–H and O–H groups in total. The van der Waals surface area contributed by atoms with E-state index in [1.165, 1.54) is 4.68 Å². The number of nitrogens with zero attached hydrogens (tertiary/aromatic N) is 3. The molecule has 2 heterocycles. The molecule has 1 aliphatic rings. The largest absolute Gasteiger partial charge is 0.390 e. The molecule has 8 heteroatoms. The van der Waals surface area contributed by atoms with Crippen molar-refractivity contribution in [1.29, 1.82) is 0 Å². The topological polar surface area (TPSA) is 75.4 Å². The summed E-state index contributed by atoms with van der Waals surface area (Å²) in [5.41, 5.74) is 0.576.